The van der Waals surface area contributed by atoms with Gasteiger partial charge in [0.25, 0.3) is 53.2 Å². The number of unbranched alkanes of at least 4 members (excludes halogenated alkanes) is 1. The molecule has 0 aliphatic carbocycles. The summed E-state index contributed by atoms with van der Waals surface area (Å²) < 4.78 is 58.1. The molecular formula is C82H94ClF3N22O14. The maximum atomic E-state index is 13.6. The van der Waals surface area contributed by atoms with Gasteiger partial charge in [0.05, 0.1) is 68.3 Å². The first-order chi connectivity index (χ1) is 57.9. The predicted octanol–water partition coefficient (Wildman–Crippen LogP) is 9.71. The van der Waals surface area contributed by atoms with Crippen LogP contribution >= 0.6 is 11.6 Å². The van der Waals surface area contributed by atoms with E-state index in [2.05, 4.69) is 69.1 Å². The zero-order valence-corrected chi connectivity index (χ0v) is 69.4. The van der Waals surface area contributed by atoms with Crippen molar-refractivity contribution in [1.29, 1.82) is 0 Å². The standard InChI is InChI=1S/C82H94ClF3N22O14/c1-12-122-68-23-21-47(29-57(68)73(113)93-48-20-22-59(83)58(30-48)82(84,85)86)90-70(110)18-14-13-17-69(109)87-27-24-72(112)92-50-32-63(104(7)40-50)77(117)97-54-36-67(108(11)44-54)81(121)98-55-37-64(105(8)45-55)78(118)94-51-33-60(101(4)41-51)74(114)88-25-15-19-71(111)91-49-31-62(103(6)39-49)76(116)96-53-35-66(107(10)43-53)80(120)99-56-38-65(106(9)46-56)79(119)95-52-34-61(102(5)42-52)75(115)89-26-16-28-100(2)3/h20-23,29-46H,12-19,24-28H2,1-11H3,(H,87,109)(H,88,114)(H,89,115)(H,90,110)(H,91,111)(H,92,112)(H,93,113)(H,94,118)(H,95,119)(H,96,116)(H,97,117)(H,98,121)(H,99,120). The Balaban J connectivity index is 0.601. The summed E-state index contributed by atoms with van der Waals surface area (Å²) in [5, 5.41) is 35.0. The van der Waals surface area contributed by atoms with E-state index in [0.717, 1.165) is 19.0 Å². The van der Waals surface area contributed by atoms with E-state index in [-0.39, 0.29) is 149 Å². The molecule has 644 valence electrons. The minimum absolute atomic E-state index is 0.00287. The zero-order chi connectivity index (χ0) is 88.6. The zero-order valence-electron chi connectivity index (χ0n) is 68.6. The molecule has 8 heterocycles. The molecule has 8 aromatic heterocycles. The molecule has 2 aromatic carbocycles. The Kier molecular flexibility index (Phi) is 29.4. The molecule has 0 saturated heterocycles. The number of nitrogens with one attached hydrogen (secondary N) is 13. The van der Waals surface area contributed by atoms with Gasteiger partial charge in [-0.05, 0) is 138 Å². The van der Waals surface area contributed by atoms with Crippen molar-refractivity contribution in [3.63, 3.8) is 0 Å². The lowest BCUT2D eigenvalue weighted by Gasteiger charge is -2.15. The highest BCUT2D eigenvalue weighted by Gasteiger charge is 2.34. The average Bonchev–Trinajstić information content (AvgIpc) is 1.60. The number of aryl methyl sites for hydroxylation is 8. The number of anilines is 10. The van der Waals surface area contributed by atoms with E-state index in [9.17, 15) is 75.5 Å². The number of aromatic nitrogens is 8. The molecule has 0 fully saturated rings. The molecule has 13 amide bonds. The van der Waals surface area contributed by atoms with Crippen molar-refractivity contribution in [1.82, 2.24) is 57.4 Å². The van der Waals surface area contributed by atoms with Crippen LogP contribution < -0.4 is 73.9 Å². The van der Waals surface area contributed by atoms with Gasteiger partial charge in [-0.1, -0.05) is 11.6 Å². The van der Waals surface area contributed by atoms with Crippen LogP contribution in [0.25, 0.3) is 0 Å². The van der Waals surface area contributed by atoms with Crippen LogP contribution in [0.2, 0.25) is 5.02 Å². The summed E-state index contributed by atoms with van der Waals surface area (Å²) in [5.41, 5.74) is 2.97. The molecule has 0 spiro atoms. The fourth-order valence-corrected chi connectivity index (χ4v) is 13.2. The topological polar surface area (TPSA) is 430 Å². The van der Waals surface area contributed by atoms with Crippen molar-refractivity contribution in [2.24, 2.45) is 56.4 Å². The second kappa shape index (κ2) is 39.9. The first kappa shape index (κ1) is 90.0. The molecule has 40 heteroatoms. The fraction of sp³-hybridized carbons (Fsp3) is 0.305. The molecule has 0 bridgehead atoms. The molecule has 0 aliphatic rings. The summed E-state index contributed by atoms with van der Waals surface area (Å²) in [4.78, 5) is 174. The number of carbonyl (C=O) groups is 13. The van der Waals surface area contributed by atoms with Gasteiger partial charge in [0.2, 0.25) is 23.6 Å². The molecule has 122 heavy (non-hydrogen) atoms. The van der Waals surface area contributed by atoms with E-state index in [1.54, 1.807) is 109 Å². The maximum absolute atomic E-state index is 13.6. The SMILES string of the molecule is CCOc1ccc(NC(=O)CCCCC(=O)NCCC(=O)Nc2cc(C(=O)Nc3cc(C(=O)Nc4cc(C(=O)Nc5cc(C(=O)NCCCC(=O)Nc6cc(C(=O)Nc7cc(C(=O)Nc8cc(C(=O)Nc9cc(C(=O)NCCCN(C)C)n(C)c9)n(C)c8)n(C)c7)n(C)c6)n(C)c5)n(C)c4)n(C)c3)n(C)c2)cc1C(=O)Nc1ccc(Cl)c(C(F)(F)F)c1. The third-order valence-electron chi connectivity index (χ3n) is 19.0. The third-order valence-corrected chi connectivity index (χ3v) is 19.3. The number of halogens is 4. The van der Waals surface area contributed by atoms with E-state index in [4.69, 9.17) is 16.3 Å². The molecule has 0 saturated carbocycles. The van der Waals surface area contributed by atoms with E-state index in [1.807, 2.05) is 19.0 Å². The number of nitrogens with zero attached hydrogens (tertiary/aromatic N) is 9. The Morgan fingerprint density at radius 1 is 0.336 bits per heavy atom. The Bertz CT molecular complexity index is 5670. The van der Waals surface area contributed by atoms with Gasteiger partial charge < -0.3 is 115 Å². The maximum Gasteiger partial charge on any atom is 0.417 e. The van der Waals surface area contributed by atoms with Gasteiger partial charge in [-0.15, -0.1) is 0 Å². The van der Waals surface area contributed by atoms with Gasteiger partial charge in [0.15, 0.2) is 0 Å². The number of hydrogen-bond acceptors (Lipinski definition) is 15. The average molecular weight is 1700 g/mol. The van der Waals surface area contributed by atoms with Crippen molar-refractivity contribution in [3.05, 3.63) is 196 Å². The number of alkyl halides is 3. The van der Waals surface area contributed by atoms with Crippen LogP contribution in [0.1, 0.15) is 158 Å². The Hall–Kier alpha value is -14.4. The Morgan fingerprint density at radius 2 is 0.631 bits per heavy atom. The minimum atomic E-state index is -4.76. The summed E-state index contributed by atoms with van der Waals surface area (Å²) in [7, 11) is 16.9. The van der Waals surface area contributed by atoms with E-state index in [1.165, 1.54) is 113 Å². The number of ether oxygens (including phenoxy) is 1. The lowest BCUT2D eigenvalue weighted by molar-refractivity contribution is -0.137. The summed E-state index contributed by atoms with van der Waals surface area (Å²) in [6, 6.07) is 19.1. The number of hydrogen-bond donors (Lipinski definition) is 13. The lowest BCUT2D eigenvalue weighted by Crippen LogP contribution is -2.28. The molecule has 0 aliphatic heterocycles. The van der Waals surface area contributed by atoms with Gasteiger partial charge in [-0.2, -0.15) is 13.2 Å². The largest absolute Gasteiger partial charge is 0.493 e. The lowest BCUT2D eigenvalue weighted by atomic mass is 10.1. The van der Waals surface area contributed by atoms with Crippen LogP contribution in [0, 0.1) is 0 Å². The van der Waals surface area contributed by atoms with Crippen molar-refractivity contribution in [2.75, 3.05) is 100 Å². The molecule has 13 N–H and O–H groups in total. The molecule has 10 rings (SSSR count). The summed E-state index contributed by atoms with van der Waals surface area (Å²) in [6.45, 7) is 3.25. The highest BCUT2D eigenvalue weighted by atomic mass is 35.5. The highest BCUT2D eigenvalue weighted by Crippen LogP contribution is 2.37. The van der Waals surface area contributed by atoms with Crippen molar-refractivity contribution < 1.29 is 80.2 Å². The van der Waals surface area contributed by atoms with Crippen LogP contribution in [0.15, 0.2) is 135 Å². The Labute approximate surface area is 702 Å². The van der Waals surface area contributed by atoms with E-state index < -0.39 is 75.8 Å². The summed E-state index contributed by atoms with van der Waals surface area (Å²) in [6.07, 6.45) is 9.23. The summed E-state index contributed by atoms with van der Waals surface area (Å²) >= 11 is 5.72. The normalized spacial score (nSPS) is 11.2. The van der Waals surface area contributed by atoms with Crippen molar-refractivity contribution in [3.8, 4) is 5.75 Å². The first-order valence-corrected chi connectivity index (χ1v) is 38.8. The van der Waals surface area contributed by atoms with Gasteiger partial charge in [-0.25, -0.2) is 0 Å². The van der Waals surface area contributed by atoms with Gasteiger partial charge >= 0.3 is 6.18 Å². The first-order valence-electron chi connectivity index (χ1n) is 38.4. The van der Waals surface area contributed by atoms with Crippen LogP contribution in [-0.4, -0.2) is 165 Å². The monoisotopic (exact) mass is 1700 g/mol. The van der Waals surface area contributed by atoms with Gasteiger partial charge in [-0.3, -0.25) is 62.3 Å². The number of benzene rings is 2. The molecule has 36 nitrogen and oxygen atoms in total. The van der Waals surface area contributed by atoms with Gasteiger partial charge in [0.1, 0.15) is 51.3 Å². The quantitative estimate of drug-likeness (QED) is 0.0161. The number of carbonyl (C=O) groups excluding carboxylic acids is 13. The number of rotatable bonds is 37. The predicted molar refractivity (Wildman–Crippen MR) is 452 cm³/mol. The summed E-state index contributed by atoms with van der Waals surface area (Å²) in [5.74, 6) is -6.30. The Morgan fingerprint density at radius 3 is 0.984 bits per heavy atom. The molecule has 0 radical (unpaired) electrons. The fourth-order valence-electron chi connectivity index (χ4n) is 13.0. The van der Waals surface area contributed by atoms with Crippen LogP contribution in [0.4, 0.5) is 70.0 Å². The molecule has 0 atom stereocenters. The van der Waals surface area contributed by atoms with Crippen molar-refractivity contribution in [2.45, 2.75) is 64.5 Å². The molecular weight excluding hydrogens is 1610 g/mol. The van der Waals surface area contributed by atoms with Gasteiger partial charge in [0, 0.05) is 163 Å². The van der Waals surface area contributed by atoms with Crippen LogP contribution in [-0.2, 0) is 81.7 Å². The highest BCUT2D eigenvalue weighted by molar-refractivity contribution is 6.31. The van der Waals surface area contributed by atoms with Crippen molar-refractivity contribution >= 4 is 145 Å². The van der Waals surface area contributed by atoms with Crippen LogP contribution in [0.3, 0.4) is 0 Å². The number of amides is 13. The smallest absolute Gasteiger partial charge is 0.417 e. The second-order valence-corrected chi connectivity index (χ2v) is 29.4. The van der Waals surface area contributed by atoms with Crippen LogP contribution in [0.5, 0.6) is 5.75 Å². The van der Waals surface area contributed by atoms with E-state index in [0.29, 0.717) is 59.6 Å². The second-order valence-electron chi connectivity index (χ2n) is 29.0. The third kappa shape index (κ3) is 24.0. The molecule has 0 unspecified atom stereocenters. The molecule has 10 aromatic rings. The van der Waals surface area contributed by atoms with E-state index >= 15 is 0 Å². The minimum Gasteiger partial charge on any atom is -0.493 e.